The van der Waals surface area contributed by atoms with Gasteiger partial charge in [0.1, 0.15) is 11.4 Å². The Morgan fingerprint density at radius 3 is 2.65 bits per heavy atom. The molecule has 3 aromatic heterocycles. The highest BCUT2D eigenvalue weighted by Crippen LogP contribution is 2.45. The van der Waals surface area contributed by atoms with Gasteiger partial charge in [0.05, 0.1) is 37.7 Å². The van der Waals surface area contributed by atoms with Crippen LogP contribution in [0.25, 0.3) is 37.6 Å². The summed E-state index contributed by atoms with van der Waals surface area (Å²) in [6.07, 6.45) is 1.23. The molecule has 3 aromatic carbocycles. The van der Waals surface area contributed by atoms with Gasteiger partial charge in [-0.3, -0.25) is 4.68 Å². The number of hydrogen-bond acceptors (Lipinski definition) is 7. The van der Waals surface area contributed by atoms with Crippen molar-refractivity contribution >= 4 is 68.6 Å². The zero-order chi connectivity index (χ0) is 33.5. The molecule has 0 radical (unpaired) electrons. The van der Waals surface area contributed by atoms with Crippen molar-refractivity contribution in [2.75, 3.05) is 13.7 Å². The van der Waals surface area contributed by atoms with Gasteiger partial charge in [0, 0.05) is 68.9 Å². The van der Waals surface area contributed by atoms with Crippen LogP contribution in [0.3, 0.4) is 0 Å². The third kappa shape index (κ3) is 5.72. The Hall–Kier alpha value is -4.37. The molecular formula is C36H33ClN6O3S2. The Morgan fingerprint density at radius 2 is 1.83 bits per heavy atom. The number of aromatic nitrogens is 5. The van der Waals surface area contributed by atoms with Crippen LogP contribution < -0.4 is 4.74 Å². The van der Waals surface area contributed by atoms with Crippen LogP contribution in [0.15, 0.2) is 59.5 Å². The minimum Gasteiger partial charge on any atom is -0.493 e. The summed E-state index contributed by atoms with van der Waals surface area (Å²) in [6, 6.07) is 18.5. The van der Waals surface area contributed by atoms with E-state index >= 15 is 0 Å². The molecule has 0 atom stereocenters. The van der Waals surface area contributed by atoms with Crippen molar-refractivity contribution in [3.8, 4) is 16.9 Å². The van der Waals surface area contributed by atoms with E-state index < -0.39 is 5.97 Å². The van der Waals surface area contributed by atoms with Crippen LogP contribution in [0.1, 0.15) is 39.6 Å². The van der Waals surface area contributed by atoms with E-state index in [9.17, 15) is 4.79 Å². The Morgan fingerprint density at radius 1 is 1.00 bits per heavy atom. The van der Waals surface area contributed by atoms with Gasteiger partial charge in [-0.25, -0.2) is 9.48 Å². The maximum atomic E-state index is 13.3. The summed E-state index contributed by atoms with van der Waals surface area (Å²) < 4.78 is 17.2. The number of ether oxygens (including phenoxy) is 2. The van der Waals surface area contributed by atoms with Crippen LogP contribution in [0.5, 0.6) is 5.75 Å². The number of esters is 1. The van der Waals surface area contributed by atoms with E-state index in [-0.39, 0.29) is 0 Å². The van der Waals surface area contributed by atoms with Crippen LogP contribution in [0.4, 0.5) is 5.82 Å². The summed E-state index contributed by atoms with van der Waals surface area (Å²) in [5.74, 6) is 2.78. The molecule has 0 saturated carbocycles. The average molecular weight is 697 g/mol. The van der Waals surface area contributed by atoms with E-state index in [4.69, 9.17) is 37.8 Å². The fourth-order valence-electron chi connectivity index (χ4n) is 6.57. The number of fused-ring (bicyclic) bond motifs is 8. The number of nitrogens with zero attached hydrogens (tertiary/aromatic N) is 6. The molecule has 6 aromatic rings. The van der Waals surface area contributed by atoms with E-state index in [1.807, 2.05) is 47.6 Å². The third-order valence-electron chi connectivity index (χ3n) is 8.76. The lowest BCUT2D eigenvalue weighted by Crippen LogP contribution is -2.11. The van der Waals surface area contributed by atoms with Crippen molar-refractivity contribution in [2.45, 2.75) is 35.0 Å². The molecule has 0 N–H and O–H groups in total. The second-order valence-corrected chi connectivity index (χ2v) is 14.1. The molecule has 1 aliphatic rings. The third-order valence-corrected chi connectivity index (χ3v) is 11.1. The summed E-state index contributed by atoms with van der Waals surface area (Å²) in [4.78, 5) is 18.3. The molecule has 0 spiro atoms. The first-order valence-electron chi connectivity index (χ1n) is 15.5. The number of methoxy groups -OCH3 is 1. The van der Waals surface area contributed by atoms with Crippen LogP contribution in [-0.2, 0) is 49.6 Å². The molecule has 4 heterocycles. The molecule has 0 amide bonds. The second-order valence-electron chi connectivity index (χ2n) is 11.7. The van der Waals surface area contributed by atoms with Gasteiger partial charge in [-0.15, -0.1) is 28.6 Å². The van der Waals surface area contributed by atoms with Crippen molar-refractivity contribution in [1.82, 2.24) is 24.1 Å². The molecular weight excluding hydrogens is 664 g/mol. The number of aryl methyl sites for hydroxylation is 4. The Kier molecular flexibility index (Phi) is 8.90. The first-order valence-corrected chi connectivity index (χ1v) is 18.0. The number of carbonyl (C=O) groups is 1. The van der Waals surface area contributed by atoms with Gasteiger partial charge in [-0.2, -0.15) is 5.10 Å². The van der Waals surface area contributed by atoms with Gasteiger partial charge in [0.2, 0.25) is 0 Å². The Labute approximate surface area is 292 Å². The van der Waals surface area contributed by atoms with Crippen LogP contribution in [0, 0.1) is 6.57 Å². The fraction of sp³-hybridized carbons (Fsp3) is 0.278. The van der Waals surface area contributed by atoms with Crippen LogP contribution in [0.2, 0.25) is 5.02 Å². The van der Waals surface area contributed by atoms with E-state index in [1.54, 1.807) is 35.3 Å². The fourth-order valence-corrected chi connectivity index (χ4v) is 8.65. The monoisotopic (exact) mass is 696 g/mol. The van der Waals surface area contributed by atoms with Gasteiger partial charge < -0.3 is 18.9 Å². The molecule has 0 saturated heterocycles. The van der Waals surface area contributed by atoms with Gasteiger partial charge in [0.15, 0.2) is 0 Å². The largest absolute Gasteiger partial charge is 0.493 e. The predicted octanol–water partition coefficient (Wildman–Crippen LogP) is 8.51. The zero-order valence-electron chi connectivity index (χ0n) is 27.0. The standard InChI is InChI=1S/C36H33ClN6O3S2/c1-38-35-32-29(40-43(35)4)20-47-18-22-16-23(42(3)39-22)19-48-24-15-21-9-6-7-10-25(21)30(17-24)46-14-8-11-26-27-12-13-28(37)31(32)33(27)41(2)34(26)36(44)45-5/h6-7,9-10,12-13,15-17H,8,11,14,18-20H2,2-5H3. The smallest absolute Gasteiger partial charge is 0.354 e. The summed E-state index contributed by atoms with van der Waals surface area (Å²) in [5, 5.41) is 13.1. The first-order chi connectivity index (χ1) is 23.3. The van der Waals surface area contributed by atoms with E-state index in [2.05, 4.69) is 35.2 Å². The molecule has 1 aliphatic heterocycles. The Balaban J connectivity index is 1.38. The lowest BCUT2D eigenvalue weighted by atomic mass is 9.99. The molecule has 12 heteroatoms. The molecule has 8 bridgehead atoms. The average Bonchev–Trinajstić information content (AvgIpc) is 3.70. The maximum absolute atomic E-state index is 13.3. The lowest BCUT2D eigenvalue weighted by Gasteiger charge is -2.12. The highest BCUT2D eigenvalue weighted by molar-refractivity contribution is 7.98. The maximum Gasteiger partial charge on any atom is 0.354 e. The molecule has 7 rings (SSSR count). The molecule has 9 nitrogen and oxygen atoms in total. The highest BCUT2D eigenvalue weighted by atomic mass is 35.5. The molecule has 244 valence electrons. The number of halogens is 1. The normalized spacial score (nSPS) is 13.9. The summed E-state index contributed by atoms with van der Waals surface area (Å²) in [5.41, 5.74) is 6.30. The van der Waals surface area contributed by atoms with Gasteiger partial charge in [-0.1, -0.05) is 48.5 Å². The topological polar surface area (TPSA) is 80.5 Å². The van der Waals surface area contributed by atoms with E-state index in [0.29, 0.717) is 58.6 Å². The summed E-state index contributed by atoms with van der Waals surface area (Å²) >= 11 is 10.4. The van der Waals surface area contributed by atoms with Crippen molar-refractivity contribution in [3.05, 3.63) is 99.4 Å². The number of rotatable bonds is 1. The number of carbonyl (C=O) groups excluding carboxylic acids is 1. The lowest BCUT2D eigenvalue weighted by molar-refractivity contribution is 0.0589. The van der Waals surface area contributed by atoms with Crippen molar-refractivity contribution in [1.29, 1.82) is 0 Å². The zero-order valence-corrected chi connectivity index (χ0v) is 29.4. The summed E-state index contributed by atoms with van der Waals surface area (Å²) in [7, 11) is 7.00. The van der Waals surface area contributed by atoms with Gasteiger partial charge >= 0.3 is 5.97 Å². The van der Waals surface area contributed by atoms with Crippen molar-refractivity contribution in [3.63, 3.8) is 0 Å². The SMILES string of the molecule is [C-]#[N+]c1c2c(nn1C)CSCc1cc(n(C)n1)CSc1cc(c3ccccc3c1)OCCCc1c(C(=O)OC)n(C)c3c-2c(Cl)ccc13. The van der Waals surface area contributed by atoms with Gasteiger partial charge in [-0.05, 0) is 48.1 Å². The summed E-state index contributed by atoms with van der Waals surface area (Å²) in [6.45, 7) is 8.52. The van der Waals surface area contributed by atoms with Gasteiger partial charge in [0.25, 0.3) is 5.82 Å². The molecule has 0 aliphatic carbocycles. The Bertz CT molecular complexity index is 2260. The quantitative estimate of drug-likeness (QED) is 0.126. The van der Waals surface area contributed by atoms with Crippen molar-refractivity contribution < 1.29 is 14.3 Å². The minimum atomic E-state index is -0.432. The van der Waals surface area contributed by atoms with E-state index in [0.717, 1.165) is 60.7 Å². The van der Waals surface area contributed by atoms with E-state index in [1.165, 1.54) is 7.11 Å². The number of benzene rings is 3. The second kappa shape index (κ2) is 13.3. The molecule has 48 heavy (non-hydrogen) atoms. The highest BCUT2D eigenvalue weighted by Gasteiger charge is 2.29. The van der Waals surface area contributed by atoms with Crippen molar-refractivity contribution in [2.24, 2.45) is 21.1 Å². The number of thioether (sulfide) groups is 2. The number of hydrogen-bond donors (Lipinski definition) is 0. The first kappa shape index (κ1) is 32.2. The molecule has 0 fully saturated rings. The van der Waals surface area contributed by atoms with Crippen LogP contribution in [-0.4, -0.2) is 43.8 Å². The molecule has 0 unspecified atom stereocenters. The predicted molar refractivity (Wildman–Crippen MR) is 193 cm³/mol. The minimum absolute atomic E-state index is 0.389. The van der Waals surface area contributed by atoms with Crippen LogP contribution >= 0.6 is 35.1 Å².